The number of amides is 1. The summed E-state index contributed by atoms with van der Waals surface area (Å²) in [4.78, 5) is 18.7. The highest BCUT2D eigenvalue weighted by Crippen LogP contribution is 2.28. The number of likely N-dealkylation sites (tertiary alicyclic amines) is 1. The summed E-state index contributed by atoms with van der Waals surface area (Å²) in [5.74, 6) is 0.908. The number of aromatic nitrogens is 2. The SMILES string of the molecule is CSC(C)C(=O)N1CCCC(c2nc(-c3ccc(F)cc3)no2)C1. The largest absolute Gasteiger partial charge is 0.341 e. The summed E-state index contributed by atoms with van der Waals surface area (Å²) in [5, 5.41) is 3.96. The molecule has 0 radical (unpaired) electrons. The van der Waals surface area contributed by atoms with Crippen LogP contribution in [-0.2, 0) is 4.79 Å². The maximum absolute atomic E-state index is 13.0. The van der Waals surface area contributed by atoms with Crippen molar-refractivity contribution in [3.63, 3.8) is 0 Å². The van der Waals surface area contributed by atoms with E-state index in [1.807, 2.05) is 18.1 Å². The Labute approximate surface area is 144 Å². The van der Waals surface area contributed by atoms with Gasteiger partial charge in [0, 0.05) is 18.7 Å². The molecule has 0 bridgehead atoms. The van der Waals surface area contributed by atoms with Crippen LogP contribution in [0.5, 0.6) is 0 Å². The minimum absolute atomic E-state index is 0.0405. The van der Waals surface area contributed by atoms with E-state index in [1.165, 1.54) is 12.1 Å². The van der Waals surface area contributed by atoms with Crippen molar-refractivity contribution in [3.8, 4) is 11.4 Å². The third kappa shape index (κ3) is 3.61. The molecule has 0 spiro atoms. The molecule has 3 rings (SSSR count). The van der Waals surface area contributed by atoms with Crippen LogP contribution >= 0.6 is 11.8 Å². The van der Waals surface area contributed by atoms with Crippen molar-refractivity contribution in [2.45, 2.75) is 30.9 Å². The first-order valence-electron chi connectivity index (χ1n) is 7.99. The lowest BCUT2D eigenvalue weighted by Crippen LogP contribution is -2.42. The number of benzene rings is 1. The van der Waals surface area contributed by atoms with Crippen LogP contribution in [0.25, 0.3) is 11.4 Å². The van der Waals surface area contributed by atoms with E-state index < -0.39 is 0 Å². The summed E-state index contributed by atoms with van der Waals surface area (Å²) >= 11 is 1.55. The first-order chi connectivity index (χ1) is 11.6. The fourth-order valence-corrected chi connectivity index (χ4v) is 3.20. The van der Waals surface area contributed by atoms with Gasteiger partial charge in [-0.25, -0.2) is 4.39 Å². The minimum Gasteiger partial charge on any atom is -0.341 e. The summed E-state index contributed by atoms with van der Waals surface area (Å²) in [7, 11) is 0. The minimum atomic E-state index is -0.299. The summed E-state index contributed by atoms with van der Waals surface area (Å²) in [6, 6.07) is 5.99. The molecule has 1 aromatic heterocycles. The Kier molecular flexibility index (Phi) is 5.18. The van der Waals surface area contributed by atoms with E-state index in [9.17, 15) is 9.18 Å². The molecule has 0 aliphatic carbocycles. The molecule has 128 valence electrons. The molecular weight excluding hydrogens is 329 g/mol. The molecule has 1 amide bonds. The number of hydrogen-bond donors (Lipinski definition) is 0. The van der Waals surface area contributed by atoms with Crippen molar-refractivity contribution in [2.24, 2.45) is 0 Å². The summed E-state index contributed by atoms with van der Waals surface area (Å²) in [5.41, 5.74) is 0.714. The maximum atomic E-state index is 13.0. The Balaban J connectivity index is 1.72. The quantitative estimate of drug-likeness (QED) is 0.847. The van der Waals surface area contributed by atoms with Crippen molar-refractivity contribution < 1.29 is 13.7 Å². The van der Waals surface area contributed by atoms with Crippen molar-refractivity contribution in [3.05, 3.63) is 36.0 Å². The van der Waals surface area contributed by atoms with Gasteiger partial charge >= 0.3 is 0 Å². The van der Waals surface area contributed by atoms with E-state index in [4.69, 9.17) is 4.52 Å². The predicted octanol–water partition coefficient (Wildman–Crippen LogP) is 3.33. The van der Waals surface area contributed by atoms with Gasteiger partial charge in [-0.1, -0.05) is 5.16 Å². The maximum Gasteiger partial charge on any atom is 0.235 e. The Morgan fingerprint density at radius 3 is 2.88 bits per heavy atom. The Morgan fingerprint density at radius 2 is 2.17 bits per heavy atom. The number of carbonyl (C=O) groups excluding carboxylic acids is 1. The van der Waals surface area contributed by atoms with Crippen LogP contribution in [0.15, 0.2) is 28.8 Å². The number of piperidine rings is 1. The van der Waals surface area contributed by atoms with Crippen LogP contribution in [0.3, 0.4) is 0 Å². The zero-order valence-electron chi connectivity index (χ0n) is 13.7. The number of thioether (sulfide) groups is 1. The summed E-state index contributed by atoms with van der Waals surface area (Å²) < 4.78 is 18.4. The standard InChI is InChI=1S/C17H20FN3O2S/c1-11(24-2)17(22)21-9-3-4-13(10-21)16-19-15(20-23-16)12-5-7-14(18)8-6-12/h5-8,11,13H,3-4,9-10H2,1-2H3. The molecule has 2 heterocycles. The molecule has 0 N–H and O–H groups in total. The van der Waals surface area contributed by atoms with Crippen LogP contribution in [0, 0.1) is 5.82 Å². The second kappa shape index (κ2) is 7.34. The number of rotatable bonds is 4. The highest BCUT2D eigenvalue weighted by atomic mass is 32.2. The van der Waals surface area contributed by atoms with E-state index in [0.29, 0.717) is 23.8 Å². The fraction of sp³-hybridized carbons (Fsp3) is 0.471. The second-order valence-electron chi connectivity index (χ2n) is 5.96. The number of hydrogen-bond acceptors (Lipinski definition) is 5. The van der Waals surface area contributed by atoms with Gasteiger partial charge in [0.05, 0.1) is 11.2 Å². The highest BCUT2D eigenvalue weighted by Gasteiger charge is 2.30. The second-order valence-corrected chi connectivity index (χ2v) is 7.14. The zero-order chi connectivity index (χ0) is 17.1. The molecule has 2 aromatic rings. The first kappa shape index (κ1) is 17.0. The topological polar surface area (TPSA) is 59.2 Å². The lowest BCUT2D eigenvalue weighted by molar-refractivity contribution is -0.131. The normalized spacial score (nSPS) is 19.3. The van der Waals surface area contributed by atoms with Crippen molar-refractivity contribution in [2.75, 3.05) is 19.3 Å². The third-order valence-electron chi connectivity index (χ3n) is 4.33. The first-order valence-corrected chi connectivity index (χ1v) is 9.28. The number of halogens is 1. The molecule has 5 nitrogen and oxygen atoms in total. The number of carbonyl (C=O) groups is 1. The third-order valence-corrected chi connectivity index (χ3v) is 5.24. The molecule has 7 heteroatoms. The van der Waals surface area contributed by atoms with E-state index >= 15 is 0 Å². The molecule has 1 fully saturated rings. The molecule has 2 unspecified atom stereocenters. The van der Waals surface area contributed by atoms with Crippen molar-refractivity contribution in [1.82, 2.24) is 15.0 Å². The van der Waals surface area contributed by atoms with Crippen molar-refractivity contribution >= 4 is 17.7 Å². The summed E-state index contributed by atoms with van der Waals surface area (Å²) in [6.07, 6.45) is 3.78. The van der Waals surface area contributed by atoms with Crippen LogP contribution in [0.2, 0.25) is 0 Å². The molecule has 1 aliphatic heterocycles. The number of nitrogens with zero attached hydrogens (tertiary/aromatic N) is 3. The van der Waals surface area contributed by atoms with Gasteiger partial charge in [0.25, 0.3) is 0 Å². The van der Waals surface area contributed by atoms with Gasteiger partial charge in [0.15, 0.2) is 0 Å². The van der Waals surface area contributed by atoms with E-state index in [0.717, 1.165) is 19.4 Å². The Hall–Kier alpha value is -1.89. The molecular formula is C17H20FN3O2S. The Bertz CT molecular complexity index is 704. The van der Waals surface area contributed by atoms with Gasteiger partial charge in [-0.05, 0) is 50.3 Å². The average Bonchev–Trinajstić information content (AvgIpc) is 3.11. The van der Waals surface area contributed by atoms with Gasteiger partial charge in [-0.3, -0.25) is 4.79 Å². The highest BCUT2D eigenvalue weighted by molar-refractivity contribution is 7.99. The van der Waals surface area contributed by atoms with Gasteiger partial charge in [-0.2, -0.15) is 16.7 Å². The molecule has 1 aromatic carbocycles. The summed E-state index contributed by atoms with van der Waals surface area (Å²) in [6.45, 7) is 3.31. The molecule has 24 heavy (non-hydrogen) atoms. The van der Waals surface area contributed by atoms with Gasteiger partial charge in [0.2, 0.25) is 17.6 Å². The van der Waals surface area contributed by atoms with E-state index in [-0.39, 0.29) is 22.9 Å². The van der Waals surface area contributed by atoms with Crippen LogP contribution in [0.4, 0.5) is 4.39 Å². The monoisotopic (exact) mass is 349 g/mol. The molecule has 0 saturated carbocycles. The fourth-order valence-electron chi connectivity index (χ4n) is 2.85. The predicted molar refractivity (Wildman–Crippen MR) is 91.2 cm³/mol. The molecule has 1 saturated heterocycles. The van der Waals surface area contributed by atoms with Crippen LogP contribution in [-0.4, -0.2) is 45.5 Å². The molecule has 2 atom stereocenters. The van der Waals surface area contributed by atoms with Crippen LogP contribution in [0.1, 0.15) is 31.6 Å². The zero-order valence-corrected chi connectivity index (χ0v) is 14.6. The van der Waals surface area contributed by atoms with Crippen molar-refractivity contribution in [1.29, 1.82) is 0 Å². The lowest BCUT2D eigenvalue weighted by Gasteiger charge is -2.32. The van der Waals surface area contributed by atoms with Gasteiger partial charge in [-0.15, -0.1) is 0 Å². The van der Waals surface area contributed by atoms with E-state index in [1.54, 1.807) is 23.9 Å². The van der Waals surface area contributed by atoms with Crippen LogP contribution < -0.4 is 0 Å². The average molecular weight is 349 g/mol. The lowest BCUT2D eigenvalue weighted by atomic mass is 9.97. The van der Waals surface area contributed by atoms with Gasteiger partial charge < -0.3 is 9.42 Å². The van der Waals surface area contributed by atoms with Gasteiger partial charge in [0.1, 0.15) is 5.82 Å². The molecule has 1 aliphatic rings. The smallest absolute Gasteiger partial charge is 0.235 e. The van der Waals surface area contributed by atoms with E-state index in [2.05, 4.69) is 10.1 Å². The Morgan fingerprint density at radius 1 is 1.42 bits per heavy atom.